The molecule has 100 valence electrons. The summed E-state index contributed by atoms with van der Waals surface area (Å²) in [7, 11) is 0. The molecule has 1 amide bonds. The summed E-state index contributed by atoms with van der Waals surface area (Å²) < 4.78 is 0. The Morgan fingerprint density at radius 2 is 1.83 bits per heavy atom. The van der Waals surface area contributed by atoms with Crippen molar-refractivity contribution in [1.82, 2.24) is 9.80 Å². The quantitative estimate of drug-likeness (QED) is 0.653. The summed E-state index contributed by atoms with van der Waals surface area (Å²) in [4.78, 5) is 17.2. The second kappa shape index (κ2) is 4.22. The Labute approximate surface area is 110 Å². The highest BCUT2D eigenvalue weighted by Crippen LogP contribution is 2.44. The Morgan fingerprint density at radius 3 is 2.72 bits per heavy atom. The van der Waals surface area contributed by atoms with Gasteiger partial charge in [-0.3, -0.25) is 9.69 Å². The van der Waals surface area contributed by atoms with Crippen LogP contribution < -0.4 is 0 Å². The number of carbonyl (C=O) groups is 1. The van der Waals surface area contributed by atoms with Crippen LogP contribution >= 0.6 is 0 Å². The molecule has 1 unspecified atom stereocenters. The predicted molar refractivity (Wildman–Crippen MR) is 70.2 cm³/mol. The van der Waals surface area contributed by atoms with E-state index in [0.717, 1.165) is 37.3 Å². The van der Waals surface area contributed by atoms with Gasteiger partial charge in [0.05, 0.1) is 0 Å². The van der Waals surface area contributed by atoms with Crippen molar-refractivity contribution in [2.24, 2.45) is 11.8 Å². The molecule has 4 saturated heterocycles. The third-order valence-corrected chi connectivity index (χ3v) is 5.88. The average Bonchev–Trinajstić information content (AvgIpc) is 2.41. The van der Waals surface area contributed by atoms with Gasteiger partial charge in [-0.1, -0.05) is 0 Å². The fraction of sp³-hybridized carbons (Fsp3) is 0.933. The molecule has 0 N–H and O–H groups in total. The van der Waals surface area contributed by atoms with Gasteiger partial charge in [0.25, 0.3) is 0 Å². The minimum atomic E-state index is 0.451. The smallest absolute Gasteiger partial charge is 0.222 e. The standard InChI is InChI=1S/C15H24N2O/c18-14-7-1-6-13-12-5-3-9-16-8-2-4-11(15(12)16)10-17(13)14/h11-13,15H,1-10H2/t11-,12-,13-,15?/m1/s1. The predicted octanol–water partition coefficient (Wildman–Crippen LogP) is 1.87. The first-order valence-corrected chi connectivity index (χ1v) is 7.88. The van der Waals surface area contributed by atoms with Crippen LogP contribution in [0.1, 0.15) is 44.9 Å². The summed E-state index contributed by atoms with van der Waals surface area (Å²) in [5.41, 5.74) is 0. The van der Waals surface area contributed by atoms with Crippen LogP contribution in [-0.2, 0) is 4.79 Å². The molecule has 3 heteroatoms. The van der Waals surface area contributed by atoms with E-state index in [1.165, 1.54) is 45.2 Å². The molecule has 4 fully saturated rings. The van der Waals surface area contributed by atoms with E-state index in [1.54, 1.807) is 0 Å². The lowest BCUT2D eigenvalue weighted by molar-refractivity contribution is -0.150. The largest absolute Gasteiger partial charge is 0.339 e. The summed E-state index contributed by atoms with van der Waals surface area (Å²) in [5.74, 6) is 2.02. The minimum absolute atomic E-state index is 0.451. The van der Waals surface area contributed by atoms with Crippen molar-refractivity contribution in [2.45, 2.75) is 57.0 Å². The van der Waals surface area contributed by atoms with Crippen LogP contribution in [0.4, 0.5) is 0 Å². The van der Waals surface area contributed by atoms with E-state index < -0.39 is 0 Å². The summed E-state index contributed by atoms with van der Waals surface area (Å²) in [5, 5.41) is 0. The zero-order chi connectivity index (χ0) is 12.1. The Bertz CT molecular complexity index is 354. The topological polar surface area (TPSA) is 23.6 Å². The maximum Gasteiger partial charge on any atom is 0.222 e. The molecule has 0 aromatic carbocycles. The molecular weight excluding hydrogens is 224 g/mol. The van der Waals surface area contributed by atoms with Gasteiger partial charge >= 0.3 is 0 Å². The van der Waals surface area contributed by atoms with Gasteiger partial charge in [0.2, 0.25) is 5.91 Å². The highest BCUT2D eigenvalue weighted by atomic mass is 16.2. The molecule has 0 radical (unpaired) electrons. The molecule has 0 aromatic rings. The zero-order valence-electron chi connectivity index (χ0n) is 11.2. The first-order chi connectivity index (χ1) is 8.84. The average molecular weight is 248 g/mol. The van der Waals surface area contributed by atoms with E-state index >= 15 is 0 Å². The highest BCUT2D eigenvalue weighted by molar-refractivity contribution is 5.77. The number of fused-ring (bicyclic) bond motifs is 2. The molecule has 4 aliphatic heterocycles. The van der Waals surface area contributed by atoms with Gasteiger partial charge in [-0.2, -0.15) is 0 Å². The van der Waals surface area contributed by atoms with Crippen LogP contribution in [0.5, 0.6) is 0 Å². The first-order valence-electron chi connectivity index (χ1n) is 7.88. The van der Waals surface area contributed by atoms with Gasteiger partial charge in [0.15, 0.2) is 0 Å². The number of amides is 1. The minimum Gasteiger partial charge on any atom is -0.339 e. The normalized spacial score (nSPS) is 44.4. The third-order valence-electron chi connectivity index (χ3n) is 5.88. The van der Waals surface area contributed by atoms with Gasteiger partial charge in [-0.15, -0.1) is 0 Å². The molecule has 3 nitrogen and oxygen atoms in total. The maximum atomic E-state index is 12.2. The van der Waals surface area contributed by atoms with Crippen LogP contribution in [0.3, 0.4) is 0 Å². The van der Waals surface area contributed by atoms with Crippen molar-refractivity contribution in [3.63, 3.8) is 0 Å². The Hall–Kier alpha value is -0.570. The lowest BCUT2D eigenvalue weighted by atomic mass is 9.68. The number of rotatable bonds is 0. The second-order valence-corrected chi connectivity index (χ2v) is 6.74. The molecule has 18 heavy (non-hydrogen) atoms. The number of hydrogen-bond donors (Lipinski definition) is 0. The van der Waals surface area contributed by atoms with E-state index in [4.69, 9.17) is 0 Å². The molecule has 0 bridgehead atoms. The zero-order valence-corrected chi connectivity index (χ0v) is 11.2. The van der Waals surface area contributed by atoms with E-state index in [0.29, 0.717) is 11.9 Å². The molecule has 4 atom stereocenters. The van der Waals surface area contributed by atoms with Gasteiger partial charge < -0.3 is 4.90 Å². The van der Waals surface area contributed by atoms with Crippen LogP contribution in [0.15, 0.2) is 0 Å². The molecule has 0 spiro atoms. The SMILES string of the molecule is O=C1CCC[C@@H]2[C@H]3CCCN4CCC[C@H](CN12)C34. The van der Waals surface area contributed by atoms with E-state index in [9.17, 15) is 4.79 Å². The maximum absolute atomic E-state index is 12.2. The Kier molecular flexibility index (Phi) is 2.65. The van der Waals surface area contributed by atoms with Crippen molar-refractivity contribution in [3.8, 4) is 0 Å². The monoisotopic (exact) mass is 248 g/mol. The van der Waals surface area contributed by atoms with Gasteiger partial charge in [0, 0.05) is 25.0 Å². The van der Waals surface area contributed by atoms with Crippen LogP contribution in [0, 0.1) is 11.8 Å². The summed E-state index contributed by atoms with van der Waals surface area (Å²) in [6.07, 6.45) is 8.64. The van der Waals surface area contributed by atoms with E-state index in [2.05, 4.69) is 9.80 Å². The lowest BCUT2D eigenvalue weighted by Gasteiger charge is -2.58. The van der Waals surface area contributed by atoms with Crippen molar-refractivity contribution in [3.05, 3.63) is 0 Å². The molecule has 4 heterocycles. The summed E-state index contributed by atoms with van der Waals surface area (Å²) >= 11 is 0. The molecule has 0 aromatic heterocycles. The van der Waals surface area contributed by atoms with Crippen LogP contribution in [0.2, 0.25) is 0 Å². The van der Waals surface area contributed by atoms with Crippen molar-refractivity contribution >= 4 is 5.91 Å². The van der Waals surface area contributed by atoms with Crippen molar-refractivity contribution in [1.29, 1.82) is 0 Å². The number of nitrogens with zero attached hydrogens (tertiary/aromatic N) is 2. The number of carbonyl (C=O) groups excluding carboxylic acids is 1. The van der Waals surface area contributed by atoms with E-state index in [-0.39, 0.29) is 0 Å². The summed E-state index contributed by atoms with van der Waals surface area (Å²) in [6, 6.07) is 1.41. The molecule has 0 saturated carbocycles. The fourth-order valence-corrected chi connectivity index (χ4v) is 5.26. The van der Waals surface area contributed by atoms with Gasteiger partial charge in [-0.05, 0) is 63.5 Å². The summed E-state index contributed by atoms with van der Waals surface area (Å²) in [6.45, 7) is 3.71. The van der Waals surface area contributed by atoms with Gasteiger partial charge in [-0.25, -0.2) is 0 Å². The highest BCUT2D eigenvalue weighted by Gasteiger charge is 2.50. The molecule has 0 aliphatic carbocycles. The van der Waals surface area contributed by atoms with Crippen molar-refractivity contribution < 1.29 is 4.79 Å². The van der Waals surface area contributed by atoms with Crippen molar-refractivity contribution in [2.75, 3.05) is 19.6 Å². The molecule has 4 aliphatic rings. The molecule has 4 rings (SSSR count). The van der Waals surface area contributed by atoms with E-state index in [1.807, 2.05) is 0 Å². The van der Waals surface area contributed by atoms with Gasteiger partial charge in [0.1, 0.15) is 0 Å². The lowest BCUT2D eigenvalue weighted by Crippen LogP contribution is -2.66. The fourth-order valence-electron chi connectivity index (χ4n) is 5.26. The number of hydrogen-bond acceptors (Lipinski definition) is 2. The second-order valence-electron chi connectivity index (χ2n) is 6.74. The number of piperidine rings is 4. The third kappa shape index (κ3) is 1.56. The Balaban J connectivity index is 1.66. The Morgan fingerprint density at radius 1 is 1.00 bits per heavy atom. The van der Waals surface area contributed by atoms with Crippen LogP contribution in [-0.4, -0.2) is 47.4 Å². The van der Waals surface area contributed by atoms with Crippen LogP contribution in [0.25, 0.3) is 0 Å². The molecular formula is C15H24N2O. The first kappa shape index (κ1) is 11.3.